The van der Waals surface area contributed by atoms with Gasteiger partial charge in [-0.1, -0.05) is 63.6 Å². The van der Waals surface area contributed by atoms with Crippen LogP contribution in [0.3, 0.4) is 0 Å². The summed E-state index contributed by atoms with van der Waals surface area (Å²) >= 11 is 2.12. The molecule has 3 rings (SSSR count). The fourth-order valence-corrected chi connectivity index (χ4v) is 6.21. The molecule has 1 heteroatoms. The maximum Gasteiger partial charge on any atom is 0.00946 e. The maximum absolute atomic E-state index is 2.32. The fraction of sp³-hybridized carbons (Fsp3) is 0.739. The van der Waals surface area contributed by atoms with E-state index in [2.05, 4.69) is 49.0 Å². The van der Waals surface area contributed by atoms with Crippen molar-refractivity contribution >= 4 is 11.8 Å². The van der Waals surface area contributed by atoms with Crippen LogP contribution in [0.5, 0.6) is 0 Å². The van der Waals surface area contributed by atoms with Crippen molar-refractivity contribution in [2.45, 2.75) is 94.1 Å². The Morgan fingerprint density at radius 1 is 0.792 bits per heavy atom. The molecule has 2 fully saturated rings. The summed E-state index contributed by atoms with van der Waals surface area (Å²) < 4.78 is 0. The van der Waals surface area contributed by atoms with Gasteiger partial charge in [-0.25, -0.2) is 0 Å². The summed E-state index contributed by atoms with van der Waals surface area (Å²) in [6.07, 6.45) is 17.8. The topological polar surface area (TPSA) is 0 Å². The average molecular weight is 345 g/mol. The first-order valence-electron chi connectivity index (χ1n) is 10.6. The molecular formula is C23H36S. The molecule has 0 N–H and O–H groups in total. The van der Waals surface area contributed by atoms with Crippen LogP contribution >= 0.6 is 11.8 Å². The third-order valence-corrected chi connectivity index (χ3v) is 7.89. The smallest absolute Gasteiger partial charge is 0.00946 e. The second-order valence-corrected chi connectivity index (χ2v) is 9.62. The molecule has 0 saturated heterocycles. The monoisotopic (exact) mass is 344 g/mol. The van der Waals surface area contributed by atoms with Gasteiger partial charge in [-0.05, 0) is 68.4 Å². The zero-order valence-electron chi connectivity index (χ0n) is 15.6. The molecule has 1 aromatic rings. The van der Waals surface area contributed by atoms with Gasteiger partial charge < -0.3 is 0 Å². The van der Waals surface area contributed by atoms with Crippen LogP contribution in [0.2, 0.25) is 0 Å². The molecule has 0 amide bonds. The number of thioether (sulfide) groups is 1. The summed E-state index contributed by atoms with van der Waals surface area (Å²) in [4.78, 5) is 1.47. The first kappa shape index (κ1) is 18.4. The Kier molecular flexibility index (Phi) is 7.57. The Bertz CT molecular complexity index is 438. The predicted molar refractivity (Wildman–Crippen MR) is 108 cm³/mol. The van der Waals surface area contributed by atoms with E-state index in [-0.39, 0.29) is 0 Å². The Balaban J connectivity index is 1.35. The number of benzene rings is 1. The first-order valence-corrected chi connectivity index (χ1v) is 11.4. The average Bonchev–Trinajstić information content (AvgIpc) is 2.64. The van der Waals surface area contributed by atoms with E-state index in [1.165, 1.54) is 81.9 Å². The van der Waals surface area contributed by atoms with Crippen molar-refractivity contribution in [3.8, 4) is 0 Å². The van der Waals surface area contributed by atoms with Crippen molar-refractivity contribution < 1.29 is 0 Å². The molecule has 1 aromatic carbocycles. The summed E-state index contributed by atoms with van der Waals surface area (Å²) in [7, 11) is 0. The van der Waals surface area contributed by atoms with Crippen molar-refractivity contribution in [1.29, 1.82) is 0 Å². The van der Waals surface area contributed by atoms with Crippen LogP contribution in [0, 0.1) is 17.8 Å². The number of rotatable bonds is 7. The van der Waals surface area contributed by atoms with Crippen LogP contribution in [-0.4, -0.2) is 5.25 Å². The molecule has 0 nitrogen and oxygen atoms in total. The highest BCUT2D eigenvalue weighted by Crippen LogP contribution is 2.44. The third kappa shape index (κ3) is 5.55. The summed E-state index contributed by atoms with van der Waals surface area (Å²) in [5, 5.41) is 0.869. The zero-order chi connectivity index (χ0) is 16.6. The number of unbranched alkanes of at least 4 members (excludes halogenated alkanes) is 2. The van der Waals surface area contributed by atoms with Crippen LogP contribution in [0.25, 0.3) is 0 Å². The Morgan fingerprint density at radius 2 is 1.42 bits per heavy atom. The van der Waals surface area contributed by atoms with Gasteiger partial charge in [-0.2, -0.15) is 0 Å². The van der Waals surface area contributed by atoms with Gasteiger partial charge >= 0.3 is 0 Å². The number of hydrogen-bond acceptors (Lipinski definition) is 1. The van der Waals surface area contributed by atoms with Crippen molar-refractivity contribution in [2.24, 2.45) is 17.8 Å². The van der Waals surface area contributed by atoms with Crippen LogP contribution in [0.1, 0.15) is 84.0 Å². The van der Waals surface area contributed by atoms with Gasteiger partial charge in [-0.3, -0.25) is 0 Å². The molecule has 0 aromatic heterocycles. The Labute approximate surface area is 154 Å². The van der Waals surface area contributed by atoms with Crippen molar-refractivity contribution in [3.05, 3.63) is 30.3 Å². The lowest BCUT2D eigenvalue weighted by Gasteiger charge is -2.37. The fourth-order valence-electron chi connectivity index (χ4n) is 5.00. The van der Waals surface area contributed by atoms with Gasteiger partial charge in [0.05, 0.1) is 0 Å². The number of hydrogen-bond donors (Lipinski definition) is 0. The normalized spacial score (nSPS) is 31.0. The van der Waals surface area contributed by atoms with E-state index in [1.54, 1.807) is 0 Å². The molecule has 134 valence electrons. The third-order valence-electron chi connectivity index (χ3n) is 6.54. The molecule has 2 aliphatic carbocycles. The summed E-state index contributed by atoms with van der Waals surface area (Å²) in [6.45, 7) is 2.32. The van der Waals surface area contributed by atoms with E-state index >= 15 is 0 Å². The summed E-state index contributed by atoms with van der Waals surface area (Å²) in [5.74, 6) is 3.18. The standard InChI is InChI=1S/C23H36S/c1-2-3-5-8-19-11-13-20(14-12-19)21-15-17-23(18-16-21)24-22-9-6-4-7-10-22/h4,6-7,9-10,19-21,23H,2-3,5,8,11-18H2,1H3. The first-order chi connectivity index (χ1) is 11.8. The van der Waals surface area contributed by atoms with Gasteiger partial charge in [0.2, 0.25) is 0 Å². The lowest BCUT2D eigenvalue weighted by molar-refractivity contribution is 0.164. The van der Waals surface area contributed by atoms with Crippen molar-refractivity contribution in [2.75, 3.05) is 0 Å². The lowest BCUT2D eigenvalue weighted by atomic mass is 9.70. The summed E-state index contributed by atoms with van der Waals surface area (Å²) in [5.41, 5.74) is 0. The molecule has 0 radical (unpaired) electrons. The second-order valence-electron chi connectivity index (χ2n) is 8.24. The Hall–Kier alpha value is -0.430. The minimum atomic E-state index is 0.869. The van der Waals surface area contributed by atoms with E-state index < -0.39 is 0 Å². The van der Waals surface area contributed by atoms with Gasteiger partial charge in [0.1, 0.15) is 0 Å². The molecular weight excluding hydrogens is 308 g/mol. The van der Waals surface area contributed by atoms with Crippen molar-refractivity contribution in [1.82, 2.24) is 0 Å². The van der Waals surface area contributed by atoms with E-state index in [9.17, 15) is 0 Å². The lowest BCUT2D eigenvalue weighted by Crippen LogP contribution is -2.26. The molecule has 0 bridgehead atoms. The summed E-state index contributed by atoms with van der Waals surface area (Å²) in [6, 6.07) is 11.0. The highest BCUT2D eigenvalue weighted by molar-refractivity contribution is 8.00. The van der Waals surface area contributed by atoms with E-state index in [0.29, 0.717) is 0 Å². The SMILES string of the molecule is CCCCCC1CCC(C2CCC(Sc3ccccc3)CC2)CC1. The van der Waals surface area contributed by atoms with Crippen LogP contribution < -0.4 is 0 Å². The molecule has 0 heterocycles. The maximum atomic E-state index is 2.32. The molecule has 24 heavy (non-hydrogen) atoms. The molecule has 0 atom stereocenters. The minimum Gasteiger partial charge on any atom is -0.123 e. The Morgan fingerprint density at radius 3 is 2.04 bits per heavy atom. The van der Waals surface area contributed by atoms with Gasteiger partial charge in [-0.15, -0.1) is 11.8 Å². The molecule has 2 saturated carbocycles. The van der Waals surface area contributed by atoms with E-state index in [0.717, 1.165) is 23.0 Å². The van der Waals surface area contributed by atoms with Gasteiger partial charge in [0, 0.05) is 10.1 Å². The van der Waals surface area contributed by atoms with Crippen molar-refractivity contribution in [3.63, 3.8) is 0 Å². The quantitative estimate of drug-likeness (QED) is 0.456. The largest absolute Gasteiger partial charge is 0.123 e. The van der Waals surface area contributed by atoms with E-state index in [1.807, 2.05) is 0 Å². The van der Waals surface area contributed by atoms with Crippen LogP contribution in [0.4, 0.5) is 0 Å². The molecule has 2 aliphatic rings. The zero-order valence-corrected chi connectivity index (χ0v) is 16.4. The highest BCUT2D eigenvalue weighted by Gasteiger charge is 2.30. The van der Waals surface area contributed by atoms with Crippen LogP contribution in [0.15, 0.2) is 35.2 Å². The highest BCUT2D eigenvalue weighted by atomic mass is 32.2. The minimum absolute atomic E-state index is 0.869. The predicted octanol–water partition coefficient (Wildman–Crippen LogP) is 7.72. The van der Waals surface area contributed by atoms with E-state index in [4.69, 9.17) is 0 Å². The van der Waals surface area contributed by atoms with Gasteiger partial charge in [0.15, 0.2) is 0 Å². The van der Waals surface area contributed by atoms with Gasteiger partial charge in [0.25, 0.3) is 0 Å². The van der Waals surface area contributed by atoms with Crippen LogP contribution in [-0.2, 0) is 0 Å². The molecule has 0 unspecified atom stereocenters. The second kappa shape index (κ2) is 9.90. The molecule has 0 spiro atoms. The molecule has 0 aliphatic heterocycles.